The van der Waals surface area contributed by atoms with Crippen molar-refractivity contribution in [3.8, 4) is 0 Å². The second-order valence-electron chi connectivity index (χ2n) is 5.75. The Bertz CT molecular complexity index is 368. The van der Waals surface area contributed by atoms with Gasteiger partial charge in [0.1, 0.15) is 0 Å². The number of anilines is 1. The molecule has 0 fully saturated rings. The molecule has 2 N–H and O–H groups in total. The summed E-state index contributed by atoms with van der Waals surface area (Å²) in [6.07, 6.45) is 7.14. The quantitative estimate of drug-likeness (QED) is 0.569. The first-order chi connectivity index (χ1) is 10.2. The third-order valence-electron chi connectivity index (χ3n) is 3.51. The Balaban J connectivity index is 1.97. The first-order valence-electron chi connectivity index (χ1n) is 8.28. The van der Waals surface area contributed by atoms with Crippen LogP contribution in [0, 0.1) is 6.92 Å². The molecule has 1 rings (SSSR count). The molecule has 0 saturated carbocycles. The average Bonchev–Trinajstić information content (AvgIpc) is 2.48. The molecule has 120 valence electrons. The van der Waals surface area contributed by atoms with E-state index in [0.717, 1.165) is 18.7 Å². The molecule has 0 saturated heterocycles. The lowest BCUT2D eigenvalue weighted by Crippen LogP contribution is -2.25. The third-order valence-corrected chi connectivity index (χ3v) is 3.51. The summed E-state index contributed by atoms with van der Waals surface area (Å²) in [6, 6.07) is 8.16. The van der Waals surface area contributed by atoms with Gasteiger partial charge in [-0.15, -0.1) is 0 Å². The van der Waals surface area contributed by atoms with Gasteiger partial charge in [0.05, 0.1) is 12.7 Å². The molecule has 1 aromatic carbocycles. The monoisotopic (exact) mass is 293 g/mol. The van der Waals surface area contributed by atoms with Crippen molar-refractivity contribution in [3.05, 3.63) is 29.8 Å². The van der Waals surface area contributed by atoms with E-state index in [9.17, 15) is 5.11 Å². The van der Waals surface area contributed by atoms with E-state index in [4.69, 9.17) is 4.74 Å². The fourth-order valence-corrected chi connectivity index (χ4v) is 2.25. The highest BCUT2D eigenvalue weighted by atomic mass is 16.5. The zero-order valence-corrected chi connectivity index (χ0v) is 13.6. The number of rotatable bonds is 12. The molecule has 0 aromatic heterocycles. The standard InChI is InChI=1S/C18H31NO2/c1-3-4-5-6-7-8-12-21-15-18(20)14-19-17-11-9-10-16(2)13-17/h9-11,13,18-20H,3-8,12,14-15H2,1-2H3. The van der Waals surface area contributed by atoms with Gasteiger partial charge in [-0.1, -0.05) is 51.2 Å². The number of aliphatic hydroxyl groups is 1. The summed E-state index contributed by atoms with van der Waals surface area (Å²) >= 11 is 0. The van der Waals surface area contributed by atoms with Crippen LogP contribution in [-0.2, 0) is 4.74 Å². The van der Waals surface area contributed by atoms with Crippen molar-refractivity contribution in [1.29, 1.82) is 0 Å². The Labute approximate surface area is 129 Å². The minimum Gasteiger partial charge on any atom is -0.389 e. The largest absolute Gasteiger partial charge is 0.389 e. The number of aliphatic hydroxyl groups excluding tert-OH is 1. The van der Waals surface area contributed by atoms with Gasteiger partial charge in [0.2, 0.25) is 0 Å². The second-order valence-corrected chi connectivity index (χ2v) is 5.75. The van der Waals surface area contributed by atoms with Crippen LogP contribution in [-0.4, -0.2) is 31.0 Å². The van der Waals surface area contributed by atoms with Crippen molar-refractivity contribution in [2.75, 3.05) is 25.1 Å². The van der Waals surface area contributed by atoms with Gasteiger partial charge in [-0.2, -0.15) is 0 Å². The van der Waals surface area contributed by atoms with Crippen LogP contribution < -0.4 is 5.32 Å². The zero-order chi connectivity index (χ0) is 15.3. The molecule has 0 bridgehead atoms. The number of unbranched alkanes of at least 4 members (excludes halogenated alkanes) is 5. The number of ether oxygens (including phenoxy) is 1. The van der Waals surface area contributed by atoms with Crippen molar-refractivity contribution in [3.63, 3.8) is 0 Å². The van der Waals surface area contributed by atoms with Crippen molar-refractivity contribution < 1.29 is 9.84 Å². The number of hydrogen-bond donors (Lipinski definition) is 2. The van der Waals surface area contributed by atoms with Gasteiger partial charge in [-0.3, -0.25) is 0 Å². The first-order valence-corrected chi connectivity index (χ1v) is 8.28. The lowest BCUT2D eigenvalue weighted by atomic mass is 10.1. The lowest BCUT2D eigenvalue weighted by molar-refractivity contribution is 0.0416. The Morgan fingerprint density at radius 2 is 1.90 bits per heavy atom. The molecular weight excluding hydrogens is 262 g/mol. The normalized spacial score (nSPS) is 12.3. The molecule has 1 unspecified atom stereocenters. The van der Waals surface area contributed by atoms with E-state index in [1.54, 1.807) is 0 Å². The number of nitrogens with one attached hydrogen (secondary N) is 1. The maximum atomic E-state index is 9.86. The fourth-order valence-electron chi connectivity index (χ4n) is 2.25. The topological polar surface area (TPSA) is 41.5 Å². The number of hydrogen-bond acceptors (Lipinski definition) is 3. The third kappa shape index (κ3) is 9.48. The van der Waals surface area contributed by atoms with Gasteiger partial charge < -0.3 is 15.2 Å². The Morgan fingerprint density at radius 1 is 1.14 bits per heavy atom. The van der Waals surface area contributed by atoms with Crippen molar-refractivity contribution in [2.24, 2.45) is 0 Å². The fraction of sp³-hybridized carbons (Fsp3) is 0.667. The van der Waals surface area contributed by atoms with Gasteiger partial charge >= 0.3 is 0 Å². The van der Waals surface area contributed by atoms with E-state index >= 15 is 0 Å². The second kappa shape index (κ2) is 11.6. The average molecular weight is 293 g/mol. The lowest BCUT2D eigenvalue weighted by Gasteiger charge is -2.13. The molecule has 1 aromatic rings. The SMILES string of the molecule is CCCCCCCCOCC(O)CNc1cccc(C)c1. The summed E-state index contributed by atoms with van der Waals surface area (Å²) in [5.41, 5.74) is 2.26. The maximum Gasteiger partial charge on any atom is 0.0945 e. The Hall–Kier alpha value is -1.06. The van der Waals surface area contributed by atoms with Gasteiger partial charge in [0.15, 0.2) is 0 Å². The molecule has 0 aliphatic rings. The molecule has 0 aliphatic heterocycles. The molecule has 3 nitrogen and oxygen atoms in total. The molecule has 0 aliphatic carbocycles. The van der Waals surface area contributed by atoms with Crippen molar-refractivity contribution in [2.45, 2.75) is 58.5 Å². The zero-order valence-electron chi connectivity index (χ0n) is 13.6. The van der Waals surface area contributed by atoms with Gasteiger partial charge in [-0.25, -0.2) is 0 Å². The van der Waals surface area contributed by atoms with Crippen LogP contribution in [0.5, 0.6) is 0 Å². The van der Waals surface area contributed by atoms with E-state index in [0.29, 0.717) is 13.2 Å². The van der Waals surface area contributed by atoms with Gasteiger partial charge in [0, 0.05) is 18.8 Å². The molecule has 0 spiro atoms. The number of benzene rings is 1. The van der Waals surface area contributed by atoms with Gasteiger partial charge in [0.25, 0.3) is 0 Å². The van der Waals surface area contributed by atoms with Crippen LogP contribution >= 0.6 is 0 Å². The van der Waals surface area contributed by atoms with Crippen molar-refractivity contribution in [1.82, 2.24) is 0 Å². The first kappa shape index (κ1) is 18.0. The highest BCUT2D eigenvalue weighted by Crippen LogP contribution is 2.09. The van der Waals surface area contributed by atoms with Crippen LogP contribution in [0.4, 0.5) is 5.69 Å². The van der Waals surface area contributed by atoms with E-state index in [-0.39, 0.29) is 0 Å². The summed E-state index contributed by atoms with van der Waals surface area (Å²) in [4.78, 5) is 0. The molecule has 0 radical (unpaired) electrons. The smallest absolute Gasteiger partial charge is 0.0945 e. The highest BCUT2D eigenvalue weighted by molar-refractivity contribution is 5.45. The van der Waals surface area contributed by atoms with Crippen LogP contribution in [0.15, 0.2) is 24.3 Å². The summed E-state index contributed by atoms with van der Waals surface area (Å²) in [5.74, 6) is 0. The molecule has 1 atom stereocenters. The summed E-state index contributed by atoms with van der Waals surface area (Å²) < 4.78 is 5.52. The van der Waals surface area contributed by atoms with E-state index in [1.807, 2.05) is 12.1 Å². The molecule has 3 heteroatoms. The molecular formula is C18H31NO2. The predicted molar refractivity (Wildman–Crippen MR) is 89.9 cm³/mol. The van der Waals surface area contributed by atoms with Gasteiger partial charge in [-0.05, 0) is 31.0 Å². The summed E-state index contributed by atoms with van der Waals surface area (Å²) in [5, 5.41) is 13.1. The van der Waals surface area contributed by atoms with Crippen LogP contribution in [0.2, 0.25) is 0 Å². The molecule has 0 heterocycles. The van der Waals surface area contributed by atoms with E-state index < -0.39 is 6.10 Å². The Kier molecular flexibility index (Phi) is 9.92. The minimum atomic E-state index is -0.453. The minimum absolute atomic E-state index is 0.410. The van der Waals surface area contributed by atoms with Crippen molar-refractivity contribution >= 4 is 5.69 Å². The van der Waals surface area contributed by atoms with Crippen LogP contribution in [0.25, 0.3) is 0 Å². The van der Waals surface area contributed by atoms with E-state index in [1.165, 1.54) is 37.7 Å². The molecule has 0 amide bonds. The predicted octanol–water partition coefficient (Wildman–Crippen LogP) is 4.14. The van der Waals surface area contributed by atoms with E-state index in [2.05, 4.69) is 31.3 Å². The van der Waals surface area contributed by atoms with Crippen LogP contribution in [0.3, 0.4) is 0 Å². The highest BCUT2D eigenvalue weighted by Gasteiger charge is 2.04. The summed E-state index contributed by atoms with van der Waals surface area (Å²) in [6.45, 7) is 5.99. The Morgan fingerprint density at radius 3 is 2.67 bits per heavy atom. The molecule has 21 heavy (non-hydrogen) atoms. The number of aryl methyl sites for hydroxylation is 1. The summed E-state index contributed by atoms with van der Waals surface area (Å²) in [7, 11) is 0. The maximum absolute atomic E-state index is 9.86. The van der Waals surface area contributed by atoms with Crippen LogP contribution in [0.1, 0.15) is 51.0 Å².